The first-order valence-corrected chi connectivity index (χ1v) is 7.59. The fraction of sp³-hybridized carbons (Fsp3) is 0.429. The van der Waals surface area contributed by atoms with Crippen LogP contribution in [0.5, 0.6) is 0 Å². The number of rotatable bonds is 3. The summed E-state index contributed by atoms with van der Waals surface area (Å²) in [6, 6.07) is 5.76. The number of nitrogens with zero attached hydrogens (tertiary/aromatic N) is 2. The Labute approximate surface area is 119 Å². The van der Waals surface area contributed by atoms with E-state index in [0.717, 1.165) is 41.0 Å². The van der Waals surface area contributed by atoms with Crippen LogP contribution in [0, 0.1) is 5.92 Å². The van der Waals surface area contributed by atoms with E-state index in [9.17, 15) is 4.79 Å². The Morgan fingerprint density at radius 1 is 1.53 bits per heavy atom. The molecule has 3 rings (SSSR count). The smallest absolute Gasteiger partial charge is 0.227 e. The zero-order valence-electron chi connectivity index (χ0n) is 10.7. The first kappa shape index (κ1) is 12.7. The van der Waals surface area contributed by atoms with Gasteiger partial charge in [0.2, 0.25) is 5.91 Å². The molecule has 5 heteroatoms. The molecule has 1 unspecified atom stereocenters. The minimum absolute atomic E-state index is 0.183. The average Bonchev–Trinajstić information content (AvgIpc) is 3.00. The van der Waals surface area contributed by atoms with Crippen molar-refractivity contribution in [3.63, 3.8) is 0 Å². The van der Waals surface area contributed by atoms with Crippen LogP contribution in [0.2, 0.25) is 0 Å². The molecule has 2 heterocycles. The molecule has 0 saturated carbocycles. The first-order valence-electron chi connectivity index (χ1n) is 6.47. The van der Waals surface area contributed by atoms with Gasteiger partial charge in [-0.15, -0.1) is 0 Å². The lowest BCUT2D eigenvalue weighted by Crippen LogP contribution is -2.24. The molecule has 1 saturated heterocycles. The summed E-state index contributed by atoms with van der Waals surface area (Å²) in [5, 5.41) is 0.863. The van der Waals surface area contributed by atoms with Crippen LogP contribution in [0.25, 0.3) is 11.1 Å². The number of aromatic nitrogens is 1. The molecule has 0 aliphatic carbocycles. The van der Waals surface area contributed by atoms with Gasteiger partial charge in [-0.05, 0) is 24.1 Å². The molecule has 0 radical (unpaired) electrons. The van der Waals surface area contributed by atoms with E-state index in [1.807, 2.05) is 30.0 Å². The maximum absolute atomic E-state index is 12.0. The zero-order valence-corrected chi connectivity index (χ0v) is 12.3. The van der Waals surface area contributed by atoms with Crippen LogP contribution in [0.4, 0.5) is 5.69 Å². The van der Waals surface area contributed by atoms with Gasteiger partial charge in [0.15, 0.2) is 11.5 Å². The van der Waals surface area contributed by atoms with Crippen LogP contribution >= 0.6 is 15.9 Å². The van der Waals surface area contributed by atoms with Crippen LogP contribution in [-0.2, 0) is 11.2 Å². The van der Waals surface area contributed by atoms with Crippen molar-refractivity contribution in [2.24, 2.45) is 5.92 Å². The minimum Gasteiger partial charge on any atom is -0.441 e. The number of oxazole rings is 1. The van der Waals surface area contributed by atoms with Gasteiger partial charge in [-0.2, -0.15) is 0 Å². The number of fused-ring (bicyclic) bond motifs is 1. The molecule has 1 aromatic heterocycles. The monoisotopic (exact) mass is 322 g/mol. The second kappa shape index (κ2) is 4.96. The Morgan fingerprint density at radius 3 is 3.05 bits per heavy atom. The normalized spacial score (nSPS) is 19.6. The van der Waals surface area contributed by atoms with E-state index in [0.29, 0.717) is 12.3 Å². The van der Waals surface area contributed by atoms with Crippen LogP contribution in [0.15, 0.2) is 22.6 Å². The van der Waals surface area contributed by atoms with Crippen LogP contribution in [-0.4, -0.2) is 22.8 Å². The topological polar surface area (TPSA) is 46.3 Å². The molecule has 1 aliphatic rings. The fourth-order valence-corrected chi connectivity index (χ4v) is 2.85. The summed E-state index contributed by atoms with van der Waals surface area (Å²) < 4.78 is 5.58. The van der Waals surface area contributed by atoms with Crippen LogP contribution in [0.3, 0.4) is 0 Å². The van der Waals surface area contributed by atoms with Crippen molar-refractivity contribution in [2.45, 2.75) is 19.8 Å². The van der Waals surface area contributed by atoms with Crippen molar-refractivity contribution in [3.05, 3.63) is 24.1 Å². The molecule has 4 nitrogen and oxygen atoms in total. The average molecular weight is 323 g/mol. The van der Waals surface area contributed by atoms with E-state index in [2.05, 4.69) is 20.9 Å². The zero-order chi connectivity index (χ0) is 13.4. The van der Waals surface area contributed by atoms with E-state index in [1.54, 1.807) is 0 Å². The summed E-state index contributed by atoms with van der Waals surface area (Å²) in [5.74, 6) is 1.31. The maximum atomic E-state index is 12.0. The van der Waals surface area contributed by atoms with Gasteiger partial charge in [-0.1, -0.05) is 22.9 Å². The number of carbonyl (C=O) groups excluding carboxylic acids is 1. The van der Waals surface area contributed by atoms with Gasteiger partial charge in [0.25, 0.3) is 0 Å². The van der Waals surface area contributed by atoms with E-state index in [4.69, 9.17) is 4.42 Å². The summed E-state index contributed by atoms with van der Waals surface area (Å²) >= 11 is 3.45. The Kier molecular flexibility index (Phi) is 3.31. The quantitative estimate of drug-likeness (QED) is 0.815. The van der Waals surface area contributed by atoms with Gasteiger partial charge in [-0.25, -0.2) is 4.98 Å². The van der Waals surface area contributed by atoms with Crippen LogP contribution < -0.4 is 4.90 Å². The molecule has 2 aromatic rings. The summed E-state index contributed by atoms with van der Waals surface area (Å²) in [4.78, 5) is 18.3. The third-order valence-corrected chi connectivity index (χ3v) is 4.37. The highest BCUT2D eigenvalue weighted by Crippen LogP contribution is 2.29. The van der Waals surface area contributed by atoms with Gasteiger partial charge in [0.05, 0.1) is 0 Å². The molecule has 0 bridgehead atoms. The lowest BCUT2D eigenvalue weighted by atomic mass is 10.2. The van der Waals surface area contributed by atoms with E-state index >= 15 is 0 Å². The van der Waals surface area contributed by atoms with Crippen molar-refractivity contribution in [1.82, 2.24) is 4.98 Å². The number of hydrogen-bond acceptors (Lipinski definition) is 3. The highest BCUT2D eigenvalue weighted by atomic mass is 79.9. The van der Waals surface area contributed by atoms with Gasteiger partial charge < -0.3 is 9.32 Å². The first-order chi connectivity index (χ1) is 9.21. The van der Waals surface area contributed by atoms with Gasteiger partial charge in [-0.3, -0.25) is 4.79 Å². The molecule has 1 amide bonds. The molecule has 1 atom stereocenters. The number of amides is 1. The number of aryl methyl sites for hydroxylation is 1. The number of benzene rings is 1. The van der Waals surface area contributed by atoms with E-state index < -0.39 is 0 Å². The third-order valence-electron chi connectivity index (χ3n) is 3.45. The molecule has 100 valence electrons. The summed E-state index contributed by atoms with van der Waals surface area (Å²) in [6.45, 7) is 2.78. The Hall–Kier alpha value is -1.36. The molecule has 0 N–H and O–H groups in total. The molecular formula is C14H15BrN2O2. The van der Waals surface area contributed by atoms with Crippen molar-refractivity contribution < 1.29 is 9.21 Å². The Morgan fingerprint density at radius 2 is 2.37 bits per heavy atom. The Balaban J connectivity index is 1.94. The standard InChI is InChI=1S/C14H15BrN2O2/c1-2-13-16-11-6-10(3-4-12(11)19-13)17-8-9(7-15)5-14(17)18/h3-4,6,9H,2,5,7-8H2,1H3. The number of hydrogen-bond donors (Lipinski definition) is 0. The molecule has 1 fully saturated rings. The van der Waals surface area contributed by atoms with E-state index in [1.165, 1.54) is 0 Å². The highest BCUT2D eigenvalue weighted by Gasteiger charge is 2.30. The molecule has 0 spiro atoms. The molecule has 19 heavy (non-hydrogen) atoms. The molecular weight excluding hydrogens is 308 g/mol. The van der Waals surface area contributed by atoms with Crippen molar-refractivity contribution in [3.8, 4) is 0 Å². The lowest BCUT2D eigenvalue weighted by Gasteiger charge is -2.16. The number of alkyl halides is 1. The predicted molar refractivity (Wildman–Crippen MR) is 77.6 cm³/mol. The fourth-order valence-electron chi connectivity index (χ4n) is 2.42. The van der Waals surface area contributed by atoms with Crippen molar-refractivity contribution >= 4 is 38.6 Å². The predicted octanol–water partition coefficient (Wildman–Crippen LogP) is 3.14. The second-order valence-corrected chi connectivity index (χ2v) is 5.49. The molecule has 1 aliphatic heterocycles. The van der Waals surface area contributed by atoms with Crippen LogP contribution in [0.1, 0.15) is 19.2 Å². The Bertz CT molecular complexity index is 623. The molecule has 1 aromatic carbocycles. The SMILES string of the molecule is CCc1nc2cc(N3CC(CBr)CC3=O)ccc2o1. The van der Waals surface area contributed by atoms with Crippen molar-refractivity contribution in [1.29, 1.82) is 0 Å². The number of anilines is 1. The van der Waals surface area contributed by atoms with Gasteiger partial charge in [0, 0.05) is 30.4 Å². The van der Waals surface area contributed by atoms with Gasteiger partial charge >= 0.3 is 0 Å². The summed E-state index contributed by atoms with van der Waals surface area (Å²) in [7, 11) is 0. The lowest BCUT2D eigenvalue weighted by molar-refractivity contribution is -0.117. The minimum atomic E-state index is 0.183. The largest absolute Gasteiger partial charge is 0.441 e. The number of halogens is 1. The maximum Gasteiger partial charge on any atom is 0.227 e. The summed E-state index contributed by atoms with van der Waals surface area (Å²) in [5.41, 5.74) is 2.52. The third kappa shape index (κ3) is 2.27. The summed E-state index contributed by atoms with van der Waals surface area (Å²) in [6.07, 6.45) is 1.39. The second-order valence-electron chi connectivity index (χ2n) is 4.84. The highest BCUT2D eigenvalue weighted by molar-refractivity contribution is 9.09. The van der Waals surface area contributed by atoms with E-state index in [-0.39, 0.29) is 5.91 Å². The van der Waals surface area contributed by atoms with Gasteiger partial charge in [0.1, 0.15) is 5.52 Å². The number of carbonyl (C=O) groups is 1. The van der Waals surface area contributed by atoms with Crippen molar-refractivity contribution in [2.75, 3.05) is 16.8 Å².